The van der Waals surface area contributed by atoms with Gasteiger partial charge in [-0.2, -0.15) is 43.2 Å². The number of rotatable bonds is 8. The number of carbonyl (C=O) groups excluding carboxylic acids is 1. The minimum Gasteiger partial charge on any atom is -0.488 e. The Hall–Kier alpha value is -2.27. The normalized spacial score (nSPS) is 14.4. The summed E-state index contributed by atoms with van der Waals surface area (Å²) in [6.07, 6.45) is 0. The zero-order chi connectivity index (χ0) is 28.1. The van der Waals surface area contributed by atoms with Crippen molar-refractivity contribution in [3.05, 3.63) is 23.8 Å². The number of ether oxygens (including phenoxy) is 2. The van der Waals surface area contributed by atoms with E-state index >= 15 is 0 Å². The number of sulfonamides is 1. The third-order valence-electron chi connectivity index (χ3n) is 3.61. The number of hydrogen-bond acceptors (Lipinski definition) is 7. The fourth-order valence-electron chi connectivity index (χ4n) is 2.27. The molecule has 0 fully saturated rings. The Morgan fingerprint density at radius 1 is 0.771 bits per heavy atom. The second-order valence-corrected chi connectivity index (χ2v) is 12.3. The van der Waals surface area contributed by atoms with Crippen LogP contribution in [0.2, 0.25) is 0 Å². The Kier molecular flexibility index (Phi) is 7.90. The zero-order valence-electron chi connectivity index (χ0n) is 19.1. The number of nitrogens with one attached hydrogen (secondary N) is 1. The van der Waals surface area contributed by atoms with Crippen molar-refractivity contribution in [3.63, 3.8) is 0 Å². The third-order valence-corrected chi connectivity index (χ3v) is 5.90. The Morgan fingerprint density at radius 3 is 1.46 bits per heavy atom. The van der Waals surface area contributed by atoms with E-state index in [1.54, 1.807) is 41.5 Å². The third kappa shape index (κ3) is 6.69. The minimum atomic E-state index is -7.20. The maximum absolute atomic E-state index is 14.0. The molecule has 0 saturated heterocycles. The fourth-order valence-corrected chi connectivity index (χ4v) is 3.75. The first-order chi connectivity index (χ1) is 15.1. The first kappa shape index (κ1) is 30.8. The second-order valence-electron chi connectivity index (χ2n) is 9.14. The van der Waals surface area contributed by atoms with E-state index in [2.05, 4.69) is 0 Å². The highest BCUT2D eigenvalue weighted by molar-refractivity contribution is 7.91. The number of amides is 1. The lowest BCUT2D eigenvalue weighted by atomic mass is 10.1. The van der Waals surface area contributed by atoms with E-state index in [0.29, 0.717) is 4.72 Å². The van der Waals surface area contributed by atoms with Crippen LogP contribution in [0.1, 0.15) is 51.9 Å². The summed E-state index contributed by atoms with van der Waals surface area (Å²) >= 11 is 0. The Morgan fingerprint density at radius 2 is 1.14 bits per heavy atom. The van der Waals surface area contributed by atoms with Crippen molar-refractivity contribution in [3.8, 4) is 11.5 Å². The molecular formula is C18H23F6NO8S2. The van der Waals surface area contributed by atoms with Gasteiger partial charge in [0.2, 0.25) is 0 Å². The molecule has 0 heterocycles. The van der Waals surface area contributed by atoms with Gasteiger partial charge in [-0.05, 0) is 53.7 Å². The van der Waals surface area contributed by atoms with Crippen LogP contribution in [0.25, 0.3) is 0 Å². The summed E-state index contributed by atoms with van der Waals surface area (Å²) in [5.74, 6) is -9.47. The van der Waals surface area contributed by atoms with Crippen molar-refractivity contribution in [1.29, 1.82) is 0 Å². The van der Waals surface area contributed by atoms with Gasteiger partial charge in [-0.1, -0.05) is 0 Å². The van der Waals surface area contributed by atoms with Crippen molar-refractivity contribution in [1.82, 2.24) is 4.72 Å². The Balaban J connectivity index is 3.51. The van der Waals surface area contributed by atoms with Crippen LogP contribution < -0.4 is 14.2 Å². The quantitative estimate of drug-likeness (QED) is 0.363. The second kappa shape index (κ2) is 8.99. The number of alkyl halides is 6. The summed E-state index contributed by atoms with van der Waals surface area (Å²) in [6.45, 7) is 9.46. The van der Waals surface area contributed by atoms with Gasteiger partial charge in [-0.3, -0.25) is 9.35 Å². The van der Waals surface area contributed by atoms with Gasteiger partial charge in [0.15, 0.2) is 0 Å². The molecule has 0 atom stereocenters. The maximum atomic E-state index is 14.0. The van der Waals surface area contributed by atoms with Gasteiger partial charge in [-0.15, -0.1) is 0 Å². The van der Waals surface area contributed by atoms with E-state index in [1.165, 1.54) is 6.07 Å². The topological polar surface area (TPSA) is 136 Å². The average Bonchev–Trinajstić information content (AvgIpc) is 2.56. The van der Waals surface area contributed by atoms with Crippen molar-refractivity contribution < 1.29 is 62.0 Å². The largest absolute Gasteiger partial charge is 0.488 e. The molecule has 202 valence electrons. The average molecular weight is 560 g/mol. The van der Waals surface area contributed by atoms with Crippen LogP contribution in [-0.2, 0) is 20.1 Å². The van der Waals surface area contributed by atoms with Gasteiger partial charge in [0, 0.05) is 11.6 Å². The first-order valence-corrected chi connectivity index (χ1v) is 12.3. The fraction of sp³-hybridized carbons (Fsp3) is 0.611. The lowest BCUT2D eigenvalue weighted by molar-refractivity contribution is -0.245. The molecular weight excluding hydrogens is 536 g/mol. The van der Waals surface area contributed by atoms with Crippen molar-refractivity contribution in [2.75, 3.05) is 0 Å². The van der Waals surface area contributed by atoms with E-state index in [4.69, 9.17) is 14.0 Å². The predicted octanol–water partition coefficient (Wildman–Crippen LogP) is 3.81. The lowest BCUT2D eigenvalue weighted by Gasteiger charge is -2.30. The van der Waals surface area contributed by atoms with Crippen LogP contribution >= 0.6 is 0 Å². The van der Waals surface area contributed by atoms with Crippen LogP contribution in [0.3, 0.4) is 0 Å². The molecule has 1 rings (SSSR count). The van der Waals surface area contributed by atoms with Gasteiger partial charge in [0.1, 0.15) is 22.7 Å². The molecule has 0 bridgehead atoms. The number of halogens is 6. The SMILES string of the molecule is CC(C)(C)Oc1cc(OC(C)(C)C)cc(C(=O)NS(=O)(=O)C(F)(F)C(F)(F)C(F)(F)S(=O)(=O)O)c1. The smallest absolute Gasteiger partial charge is 0.439 e. The summed E-state index contributed by atoms with van der Waals surface area (Å²) in [6, 6.07) is 2.90. The summed E-state index contributed by atoms with van der Waals surface area (Å²) < 4.78 is 147. The zero-order valence-corrected chi connectivity index (χ0v) is 20.8. The minimum absolute atomic E-state index is 0.142. The molecule has 0 aliphatic rings. The molecule has 0 saturated carbocycles. The highest BCUT2D eigenvalue weighted by Gasteiger charge is 2.82. The monoisotopic (exact) mass is 559 g/mol. The first-order valence-electron chi connectivity index (χ1n) is 9.35. The highest BCUT2D eigenvalue weighted by atomic mass is 32.2. The van der Waals surface area contributed by atoms with E-state index in [1.807, 2.05) is 0 Å². The molecule has 1 amide bonds. The molecule has 0 radical (unpaired) electrons. The molecule has 1 aromatic rings. The Labute approximate surface area is 197 Å². The van der Waals surface area contributed by atoms with Crippen LogP contribution in [0, 0.1) is 0 Å². The van der Waals surface area contributed by atoms with Gasteiger partial charge in [-0.25, -0.2) is 4.72 Å². The van der Waals surface area contributed by atoms with E-state index in [9.17, 15) is 48.0 Å². The van der Waals surface area contributed by atoms with Gasteiger partial charge >= 0.3 is 36.6 Å². The van der Waals surface area contributed by atoms with Crippen LogP contribution in [0.4, 0.5) is 26.3 Å². The van der Waals surface area contributed by atoms with Gasteiger partial charge < -0.3 is 9.47 Å². The molecule has 9 nitrogen and oxygen atoms in total. The van der Waals surface area contributed by atoms with Crippen LogP contribution in [-0.4, -0.2) is 54.9 Å². The molecule has 35 heavy (non-hydrogen) atoms. The highest BCUT2D eigenvalue weighted by Crippen LogP contribution is 2.50. The molecule has 17 heteroatoms. The maximum Gasteiger partial charge on any atom is 0.439 e. The predicted molar refractivity (Wildman–Crippen MR) is 110 cm³/mol. The summed E-state index contributed by atoms with van der Waals surface area (Å²) in [4.78, 5) is 12.4. The van der Waals surface area contributed by atoms with Crippen LogP contribution in [0.15, 0.2) is 18.2 Å². The number of hydrogen-bond donors (Lipinski definition) is 2. The van der Waals surface area contributed by atoms with E-state index < -0.39 is 59.2 Å². The van der Waals surface area contributed by atoms with E-state index in [-0.39, 0.29) is 11.5 Å². The standard InChI is InChI=1S/C18H23F6NO8S2/c1-14(2,3)32-11-7-10(8-12(9-11)33-15(4,5)6)13(26)25-34(27,28)17(21,22)16(19,20)18(23,24)35(29,30)31/h7-9H,1-6H3,(H,25,26)(H,29,30,31). The molecule has 0 unspecified atom stereocenters. The number of carbonyl (C=O) groups is 1. The van der Waals surface area contributed by atoms with E-state index in [0.717, 1.165) is 12.1 Å². The van der Waals surface area contributed by atoms with Crippen molar-refractivity contribution in [2.45, 2.75) is 69.2 Å². The van der Waals surface area contributed by atoms with Crippen molar-refractivity contribution >= 4 is 26.0 Å². The summed E-state index contributed by atoms with van der Waals surface area (Å²) in [7, 11) is -14.2. The van der Waals surface area contributed by atoms with Gasteiger partial charge in [0.25, 0.3) is 5.91 Å². The summed E-state index contributed by atoms with van der Waals surface area (Å²) in [5.41, 5.74) is -2.57. The molecule has 2 N–H and O–H groups in total. The molecule has 1 aromatic carbocycles. The number of benzene rings is 1. The van der Waals surface area contributed by atoms with Crippen molar-refractivity contribution in [2.24, 2.45) is 0 Å². The molecule has 0 aromatic heterocycles. The van der Waals surface area contributed by atoms with Gasteiger partial charge in [0.05, 0.1) is 0 Å². The summed E-state index contributed by atoms with van der Waals surface area (Å²) in [5, 5.41) is -13.8. The Bertz CT molecular complexity index is 1150. The molecule has 0 spiro atoms. The lowest BCUT2D eigenvalue weighted by Crippen LogP contribution is -2.63. The molecule has 0 aliphatic heterocycles. The van der Waals surface area contributed by atoms with Crippen LogP contribution in [0.5, 0.6) is 11.5 Å². The molecule has 0 aliphatic carbocycles.